The normalized spacial score (nSPS) is 19.6. The molecule has 0 aromatic rings. The third kappa shape index (κ3) is 8.53. The fraction of sp³-hybridized carbons (Fsp3) is 1.00. The van der Waals surface area contributed by atoms with E-state index >= 15 is 0 Å². The second-order valence-electron chi connectivity index (χ2n) is 5.69. The Balaban J connectivity index is 3.70. The van der Waals surface area contributed by atoms with Crippen molar-refractivity contribution in [1.82, 2.24) is 0 Å². The molecule has 0 bridgehead atoms. The summed E-state index contributed by atoms with van der Waals surface area (Å²) in [6.07, 6.45) is 5.58. The minimum atomic E-state index is 0.899. The predicted octanol–water partition coefficient (Wildman–Crippen LogP) is 5.55. The molecule has 92 valence electrons. The van der Waals surface area contributed by atoms with Gasteiger partial charge in [0.15, 0.2) is 0 Å². The van der Waals surface area contributed by atoms with Crippen molar-refractivity contribution in [2.24, 2.45) is 23.7 Å². The standard InChI is InChI=1S/C14H29I/c1-6-11(2)7-12(3)8-13(4)9-14(5)10-15/h11-14H,6-10H2,1-5H3/t11-,12-,13-,14-/m1/s1. The maximum absolute atomic E-state index is 2.51. The van der Waals surface area contributed by atoms with Gasteiger partial charge in [0.1, 0.15) is 0 Å². The zero-order chi connectivity index (χ0) is 11.8. The number of hydrogen-bond donors (Lipinski definition) is 0. The SMILES string of the molecule is CC[C@@H](C)C[C@@H](C)C[C@@H](C)C[C@@H](C)CI. The lowest BCUT2D eigenvalue weighted by Gasteiger charge is -2.21. The van der Waals surface area contributed by atoms with Gasteiger partial charge in [-0.1, -0.05) is 63.6 Å². The van der Waals surface area contributed by atoms with Gasteiger partial charge in [-0.25, -0.2) is 0 Å². The molecule has 0 aliphatic carbocycles. The molecule has 0 nitrogen and oxygen atoms in total. The van der Waals surface area contributed by atoms with Gasteiger partial charge in [0.05, 0.1) is 0 Å². The van der Waals surface area contributed by atoms with Crippen molar-refractivity contribution in [3.05, 3.63) is 0 Å². The lowest BCUT2D eigenvalue weighted by atomic mass is 9.85. The summed E-state index contributed by atoms with van der Waals surface area (Å²) in [6.45, 7) is 11.9. The second kappa shape index (κ2) is 8.83. The van der Waals surface area contributed by atoms with Crippen molar-refractivity contribution >= 4 is 22.6 Å². The molecule has 15 heavy (non-hydrogen) atoms. The highest BCUT2D eigenvalue weighted by atomic mass is 127. The Bertz CT molecular complexity index is 128. The molecule has 4 atom stereocenters. The van der Waals surface area contributed by atoms with Crippen LogP contribution in [0.25, 0.3) is 0 Å². The van der Waals surface area contributed by atoms with Crippen LogP contribution in [-0.2, 0) is 0 Å². The first-order valence-electron chi connectivity index (χ1n) is 6.55. The largest absolute Gasteiger partial charge is 0.0861 e. The van der Waals surface area contributed by atoms with Gasteiger partial charge in [-0.05, 0) is 42.9 Å². The van der Waals surface area contributed by atoms with Gasteiger partial charge in [-0.2, -0.15) is 0 Å². The van der Waals surface area contributed by atoms with E-state index in [0.29, 0.717) is 0 Å². The molecule has 0 heterocycles. The van der Waals surface area contributed by atoms with Gasteiger partial charge in [-0.3, -0.25) is 0 Å². The number of halogens is 1. The second-order valence-corrected chi connectivity index (χ2v) is 6.57. The summed E-state index contributed by atoms with van der Waals surface area (Å²) in [7, 11) is 0. The summed E-state index contributed by atoms with van der Waals surface area (Å²) in [5.74, 6) is 3.63. The van der Waals surface area contributed by atoms with Gasteiger partial charge in [0.25, 0.3) is 0 Å². The quantitative estimate of drug-likeness (QED) is 0.406. The molecule has 0 aromatic heterocycles. The van der Waals surface area contributed by atoms with Crippen molar-refractivity contribution in [3.63, 3.8) is 0 Å². The molecule has 0 aliphatic heterocycles. The molecule has 0 aliphatic rings. The summed E-state index contributed by atoms with van der Waals surface area (Å²) in [5, 5.41) is 0. The fourth-order valence-electron chi connectivity index (χ4n) is 2.48. The van der Waals surface area contributed by atoms with Crippen LogP contribution in [0.1, 0.15) is 60.3 Å². The highest BCUT2D eigenvalue weighted by Gasteiger charge is 2.13. The molecule has 0 rings (SSSR count). The molecule has 0 aromatic carbocycles. The van der Waals surface area contributed by atoms with Crippen molar-refractivity contribution in [1.29, 1.82) is 0 Å². The van der Waals surface area contributed by atoms with E-state index in [4.69, 9.17) is 0 Å². The maximum atomic E-state index is 2.51. The molecule has 0 unspecified atom stereocenters. The summed E-state index contributed by atoms with van der Waals surface area (Å²) >= 11 is 2.51. The van der Waals surface area contributed by atoms with Crippen LogP contribution in [0.5, 0.6) is 0 Å². The number of hydrogen-bond acceptors (Lipinski definition) is 0. The van der Waals surface area contributed by atoms with Gasteiger partial charge in [-0.15, -0.1) is 0 Å². The number of rotatable bonds is 8. The average molecular weight is 324 g/mol. The van der Waals surface area contributed by atoms with Crippen LogP contribution in [0.3, 0.4) is 0 Å². The lowest BCUT2D eigenvalue weighted by Crippen LogP contribution is -2.10. The van der Waals surface area contributed by atoms with E-state index in [-0.39, 0.29) is 0 Å². The smallest absolute Gasteiger partial charge is 0.00211 e. The zero-order valence-electron chi connectivity index (χ0n) is 11.2. The van der Waals surface area contributed by atoms with Crippen LogP contribution in [0, 0.1) is 23.7 Å². The first kappa shape index (κ1) is 15.7. The van der Waals surface area contributed by atoms with Gasteiger partial charge in [0.2, 0.25) is 0 Å². The monoisotopic (exact) mass is 324 g/mol. The van der Waals surface area contributed by atoms with E-state index in [9.17, 15) is 0 Å². The van der Waals surface area contributed by atoms with Gasteiger partial charge < -0.3 is 0 Å². The zero-order valence-corrected chi connectivity index (χ0v) is 13.4. The Kier molecular flexibility index (Phi) is 9.26. The van der Waals surface area contributed by atoms with E-state index in [1.54, 1.807) is 0 Å². The molecule has 0 fully saturated rings. The molecule has 0 radical (unpaired) electrons. The van der Waals surface area contributed by atoms with E-state index in [1.165, 1.54) is 30.1 Å². The third-order valence-corrected chi connectivity index (χ3v) is 4.88. The minimum Gasteiger partial charge on any atom is -0.0861 e. The predicted molar refractivity (Wildman–Crippen MR) is 79.7 cm³/mol. The van der Waals surface area contributed by atoms with Crippen molar-refractivity contribution in [2.75, 3.05) is 4.43 Å². The Morgan fingerprint density at radius 1 is 0.733 bits per heavy atom. The van der Waals surface area contributed by atoms with Crippen LogP contribution >= 0.6 is 22.6 Å². The van der Waals surface area contributed by atoms with E-state index in [0.717, 1.165) is 23.7 Å². The van der Waals surface area contributed by atoms with Gasteiger partial charge >= 0.3 is 0 Å². The minimum absolute atomic E-state index is 0.899. The summed E-state index contributed by atoms with van der Waals surface area (Å²) in [5.41, 5.74) is 0. The molecule has 0 amide bonds. The van der Waals surface area contributed by atoms with Crippen molar-refractivity contribution < 1.29 is 0 Å². The van der Waals surface area contributed by atoms with E-state index in [1.807, 2.05) is 0 Å². The van der Waals surface area contributed by atoms with E-state index < -0.39 is 0 Å². The Morgan fingerprint density at radius 2 is 1.13 bits per heavy atom. The molecule has 0 saturated heterocycles. The Labute approximate surface area is 111 Å². The molecular formula is C14H29I. The van der Waals surface area contributed by atoms with Crippen LogP contribution < -0.4 is 0 Å². The first-order chi connectivity index (χ1) is 6.99. The molecule has 0 N–H and O–H groups in total. The summed E-state index contributed by atoms with van der Waals surface area (Å²) in [6, 6.07) is 0. The van der Waals surface area contributed by atoms with Crippen LogP contribution in [0.2, 0.25) is 0 Å². The number of alkyl halides is 1. The molecule has 1 heteroatoms. The first-order valence-corrected chi connectivity index (χ1v) is 8.08. The Morgan fingerprint density at radius 3 is 1.53 bits per heavy atom. The summed E-state index contributed by atoms with van der Waals surface area (Å²) in [4.78, 5) is 0. The highest BCUT2D eigenvalue weighted by molar-refractivity contribution is 14.1. The fourth-order valence-corrected chi connectivity index (χ4v) is 2.84. The summed E-state index contributed by atoms with van der Waals surface area (Å²) < 4.78 is 1.31. The average Bonchev–Trinajstić information content (AvgIpc) is 2.16. The molecular weight excluding hydrogens is 295 g/mol. The van der Waals surface area contributed by atoms with Crippen molar-refractivity contribution in [2.45, 2.75) is 60.3 Å². The highest BCUT2D eigenvalue weighted by Crippen LogP contribution is 2.25. The molecule has 0 spiro atoms. The van der Waals surface area contributed by atoms with Crippen LogP contribution in [-0.4, -0.2) is 4.43 Å². The topological polar surface area (TPSA) is 0 Å². The van der Waals surface area contributed by atoms with Crippen LogP contribution in [0.4, 0.5) is 0 Å². The van der Waals surface area contributed by atoms with E-state index in [2.05, 4.69) is 57.2 Å². The Hall–Kier alpha value is 0.730. The lowest BCUT2D eigenvalue weighted by molar-refractivity contribution is 0.312. The third-order valence-electron chi connectivity index (χ3n) is 3.37. The van der Waals surface area contributed by atoms with Crippen molar-refractivity contribution in [3.8, 4) is 0 Å². The van der Waals surface area contributed by atoms with Crippen LogP contribution in [0.15, 0.2) is 0 Å². The maximum Gasteiger partial charge on any atom is 0.00211 e. The van der Waals surface area contributed by atoms with Gasteiger partial charge in [0, 0.05) is 4.43 Å². The molecule has 0 saturated carbocycles.